The van der Waals surface area contributed by atoms with E-state index >= 15 is 0 Å². The first-order valence-electron chi connectivity index (χ1n) is 7.47. The number of furan rings is 1. The number of benzene rings is 1. The number of hydrogen-bond acceptors (Lipinski definition) is 4. The standard InChI is InChI=1S/C17H20N2O4/c20-15(14-8-11-23-12-14)7-10-19-17(22)16(21)18-9-6-13-4-2-1-3-5-13/h1-5,8,11-12,15,20H,6-7,9-10H2,(H,18,21)(H,19,22)/t15-/m0/s1. The second kappa shape index (κ2) is 8.75. The van der Waals surface area contributed by atoms with Crippen LogP contribution < -0.4 is 10.6 Å². The quantitative estimate of drug-likeness (QED) is 0.669. The molecule has 23 heavy (non-hydrogen) atoms. The van der Waals surface area contributed by atoms with Gasteiger partial charge in [0.1, 0.15) is 0 Å². The molecule has 1 aromatic carbocycles. The van der Waals surface area contributed by atoms with Gasteiger partial charge in [0, 0.05) is 18.7 Å². The van der Waals surface area contributed by atoms with Crippen molar-refractivity contribution in [3.8, 4) is 0 Å². The molecule has 1 atom stereocenters. The minimum absolute atomic E-state index is 0.206. The van der Waals surface area contributed by atoms with Gasteiger partial charge in [-0.05, 0) is 24.5 Å². The molecular weight excluding hydrogens is 296 g/mol. The average molecular weight is 316 g/mol. The van der Waals surface area contributed by atoms with Gasteiger partial charge >= 0.3 is 11.8 Å². The third-order valence-corrected chi connectivity index (χ3v) is 3.38. The molecule has 122 valence electrons. The zero-order chi connectivity index (χ0) is 16.5. The molecule has 0 spiro atoms. The molecule has 0 unspecified atom stereocenters. The van der Waals surface area contributed by atoms with E-state index < -0.39 is 17.9 Å². The summed E-state index contributed by atoms with van der Waals surface area (Å²) in [7, 11) is 0. The first-order valence-corrected chi connectivity index (χ1v) is 7.47. The van der Waals surface area contributed by atoms with Crippen LogP contribution >= 0.6 is 0 Å². The number of carbonyl (C=O) groups excluding carboxylic acids is 2. The van der Waals surface area contributed by atoms with Gasteiger partial charge in [0.15, 0.2) is 0 Å². The fourth-order valence-corrected chi connectivity index (χ4v) is 2.08. The van der Waals surface area contributed by atoms with Crippen LogP contribution in [0.2, 0.25) is 0 Å². The van der Waals surface area contributed by atoms with Crippen LogP contribution in [-0.2, 0) is 16.0 Å². The lowest BCUT2D eigenvalue weighted by molar-refractivity contribution is -0.139. The topological polar surface area (TPSA) is 91.6 Å². The van der Waals surface area contributed by atoms with Crippen LogP contribution in [0.25, 0.3) is 0 Å². The largest absolute Gasteiger partial charge is 0.472 e. The summed E-state index contributed by atoms with van der Waals surface area (Å²) in [6, 6.07) is 11.4. The molecule has 1 aromatic heterocycles. The van der Waals surface area contributed by atoms with Gasteiger partial charge in [-0.15, -0.1) is 0 Å². The van der Waals surface area contributed by atoms with E-state index in [1.807, 2.05) is 30.3 Å². The highest BCUT2D eigenvalue weighted by molar-refractivity contribution is 6.35. The summed E-state index contributed by atoms with van der Waals surface area (Å²) in [4.78, 5) is 23.3. The predicted molar refractivity (Wildman–Crippen MR) is 84.5 cm³/mol. The molecule has 0 aliphatic carbocycles. The van der Waals surface area contributed by atoms with Crippen molar-refractivity contribution in [2.45, 2.75) is 18.9 Å². The van der Waals surface area contributed by atoms with Gasteiger partial charge in [0.25, 0.3) is 0 Å². The average Bonchev–Trinajstić information content (AvgIpc) is 3.10. The summed E-state index contributed by atoms with van der Waals surface area (Å²) in [5.74, 6) is -1.36. The number of aliphatic hydroxyl groups is 1. The van der Waals surface area contributed by atoms with Crippen LogP contribution in [0.1, 0.15) is 23.7 Å². The summed E-state index contributed by atoms with van der Waals surface area (Å²) in [6.45, 7) is 0.602. The number of nitrogens with one attached hydrogen (secondary N) is 2. The first-order chi connectivity index (χ1) is 11.2. The summed E-state index contributed by atoms with van der Waals surface area (Å²) < 4.78 is 4.87. The Balaban J connectivity index is 1.62. The van der Waals surface area contributed by atoms with Gasteiger partial charge in [-0.2, -0.15) is 0 Å². The maximum Gasteiger partial charge on any atom is 0.309 e. The first kappa shape index (κ1) is 16.8. The minimum atomic E-state index is -0.727. The van der Waals surface area contributed by atoms with Crippen molar-refractivity contribution in [1.82, 2.24) is 10.6 Å². The number of amides is 2. The third kappa shape index (κ3) is 5.60. The van der Waals surface area contributed by atoms with Crippen molar-refractivity contribution in [3.63, 3.8) is 0 Å². The highest BCUT2D eigenvalue weighted by Crippen LogP contribution is 2.15. The zero-order valence-corrected chi connectivity index (χ0v) is 12.7. The van der Waals surface area contributed by atoms with Crippen molar-refractivity contribution in [2.24, 2.45) is 0 Å². The molecule has 3 N–H and O–H groups in total. The fourth-order valence-electron chi connectivity index (χ4n) is 2.08. The van der Waals surface area contributed by atoms with Crippen molar-refractivity contribution in [1.29, 1.82) is 0 Å². The molecule has 2 rings (SSSR count). The predicted octanol–water partition coefficient (Wildman–Crippen LogP) is 1.18. The molecule has 0 fully saturated rings. The molecular formula is C17H20N2O4. The smallest absolute Gasteiger partial charge is 0.309 e. The van der Waals surface area contributed by atoms with E-state index in [2.05, 4.69) is 10.6 Å². The summed E-state index contributed by atoms with van der Waals surface area (Å²) in [5.41, 5.74) is 1.74. The van der Waals surface area contributed by atoms with E-state index in [1.54, 1.807) is 6.07 Å². The van der Waals surface area contributed by atoms with Crippen LogP contribution in [0.4, 0.5) is 0 Å². The van der Waals surface area contributed by atoms with Crippen molar-refractivity contribution in [2.75, 3.05) is 13.1 Å². The number of hydrogen-bond donors (Lipinski definition) is 3. The van der Waals surface area contributed by atoms with Crippen LogP contribution in [0.15, 0.2) is 53.3 Å². The Morgan fingerprint density at radius 1 is 1.04 bits per heavy atom. The van der Waals surface area contributed by atoms with E-state index in [9.17, 15) is 14.7 Å². The molecule has 6 nitrogen and oxygen atoms in total. The molecule has 0 aliphatic heterocycles. The zero-order valence-electron chi connectivity index (χ0n) is 12.7. The second-order valence-electron chi connectivity index (χ2n) is 5.11. The van der Waals surface area contributed by atoms with E-state index in [0.717, 1.165) is 5.56 Å². The minimum Gasteiger partial charge on any atom is -0.472 e. The van der Waals surface area contributed by atoms with Gasteiger partial charge in [0.2, 0.25) is 0 Å². The van der Waals surface area contributed by atoms with Crippen LogP contribution in [0.5, 0.6) is 0 Å². The second-order valence-corrected chi connectivity index (χ2v) is 5.11. The number of carbonyl (C=O) groups is 2. The van der Waals surface area contributed by atoms with E-state index in [4.69, 9.17) is 4.42 Å². The lowest BCUT2D eigenvalue weighted by atomic mass is 10.1. The van der Waals surface area contributed by atoms with Crippen LogP contribution in [0, 0.1) is 0 Å². The summed E-state index contributed by atoms with van der Waals surface area (Å²) in [5, 5.41) is 14.9. The molecule has 2 aromatic rings. The Morgan fingerprint density at radius 2 is 1.74 bits per heavy atom. The maximum absolute atomic E-state index is 11.6. The number of rotatable bonds is 7. The number of aliphatic hydroxyl groups excluding tert-OH is 1. The molecule has 0 radical (unpaired) electrons. The molecule has 0 bridgehead atoms. The van der Waals surface area contributed by atoms with Crippen molar-refractivity contribution < 1.29 is 19.1 Å². The normalized spacial score (nSPS) is 11.7. The Bertz CT molecular complexity index is 611. The van der Waals surface area contributed by atoms with E-state index in [-0.39, 0.29) is 6.54 Å². The summed E-state index contributed by atoms with van der Waals surface area (Å²) in [6.07, 6.45) is 3.16. The van der Waals surface area contributed by atoms with Crippen LogP contribution in [0.3, 0.4) is 0 Å². The molecule has 0 saturated heterocycles. The lowest BCUT2D eigenvalue weighted by Crippen LogP contribution is -2.41. The monoisotopic (exact) mass is 316 g/mol. The lowest BCUT2D eigenvalue weighted by Gasteiger charge is -2.09. The molecule has 2 amide bonds. The van der Waals surface area contributed by atoms with Crippen LogP contribution in [-0.4, -0.2) is 30.0 Å². The van der Waals surface area contributed by atoms with Gasteiger partial charge < -0.3 is 20.2 Å². The van der Waals surface area contributed by atoms with E-state index in [0.29, 0.717) is 24.9 Å². The molecule has 1 heterocycles. The molecule has 0 saturated carbocycles. The summed E-state index contributed by atoms with van der Waals surface area (Å²) >= 11 is 0. The maximum atomic E-state index is 11.6. The molecule has 0 aliphatic rings. The van der Waals surface area contributed by atoms with Gasteiger partial charge in [-0.3, -0.25) is 9.59 Å². The van der Waals surface area contributed by atoms with E-state index in [1.165, 1.54) is 12.5 Å². The highest BCUT2D eigenvalue weighted by Gasteiger charge is 2.14. The van der Waals surface area contributed by atoms with Crippen molar-refractivity contribution in [3.05, 3.63) is 60.1 Å². The highest BCUT2D eigenvalue weighted by atomic mass is 16.3. The Kier molecular flexibility index (Phi) is 6.38. The van der Waals surface area contributed by atoms with Gasteiger partial charge in [-0.1, -0.05) is 30.3 Å². The van der Waals surface area contributed by atoms with Gasteiger partial charge in [-0.25, -0.2) is 0 Å². The van der Waals surface area contributed by atoms with Crippen molar-refractivity contribution >= 4 is 11.8 Å². The Hall–Kier alpha value is -2.60. The Morgan fingerprint density at radius 3 is 2.39 bits per heavy atom. The SMILES string of the molecule is O=C(NCCc1ccccc1)C(=O)NCC[C@H](O)c1ccoc1. The van der Waals surface area contributed by atoms with Gasteiger partial charge in [0.05, 0.1) is 18.6 Å². The molecule has 6 heteroatoms. The third-order valence-electron chi connectivity index (χ3n) is 3.38. The Labute approximate surface area is 134 Å². The fraction of sp³-hybridized carbons (Fsp3) is 0.294.